The summed E-state index contributed by atoms with van der Waals surface area (Å²) in [6.45, 7) is 2.19. The van der Waals surface area contributed by atoms with Gasteiger partial charge in [-0.15, -0.1) is 0 Å². The van der Waals surface area contributed by atoms with Crippen LogP contribution in [0.25, 0.3) is 0 Å². The topological polar surface area (TPSA) is 9.23 Å². The third-order valence-corrected chi connectivity index (χ3v) is 4.77. The van der Waals surface area contributed by atoms with Gasteiger partial charge in [-0.1, -0.05) is 64.8 Å². The number of rotatable bonds is 4. The van der Waals surface area contributed by atoms with E-state index in [1.807, 2.05) is 24.3 Å². The lowest BCUT2D eigenvalue weighted by molar-refractivity contribution is 0.408. The highest BCUT2D eigenvalue weighted by molar-refractivity contribution is 9.09. The number of methoxy groups -OCH3 is 1. The van der Waals surface area contributed by atoms with Gasteiger partial charge in [0.2, 0.25) is 0 Å². The minimum Gasteiger partial charge on any atom is -0.496 e. The van der Waals surface area contributed by atoms with Crippen LogP contribution in [-0.4, -0.2) is 7.11 Å². The Balaban J connectivity index is 2.33. The van der Waals surface area contributed by atoms with E-state index >= 15 is 0 Å². The minimum absolute atomic E-state index is 0.156. The molecule has 3 heteroatoms. The predicted octanol–water partition coefficient (Wildman–Crippen LogP) is 5.59. The second-order valence-electron chi connectivity index (χ2n) is 4.49. The first kappa shape index (κ1) is 14.4. The first-order valence-corrected chi connectivity index (χ1v) is 7.45. The van der Waals surface area contributed by atoms with Crippen LogP contribution in [0.2, 0.25) is 5.02 Å². The fourth-order valence-corrected chi connectivity index (χ4v) is 2.96. The molecule has 0 heterocycles. The molecule has 0 aliphatic rings. The zero-order valence-corrected chi connectivity index (χ0v) is 13.3. The van der Waals surface area contributed by atoms with E-state index in [9.17, 15) is 0 Å². The van der Waals surface area contributed by atoms with E-state index in [4.69, 9.17) is 16.3 Å². The molecule has 2 aromatic rings. The fourth-order valence-electron chi connectivity index (χ4n) is 2.12. The molecule has 0 aliphatic heterocycles. The van der Waals surface area contributed by atoms with Gasteiger partial charge in [-0.25, -0.2) is 0 Å². The van der Waals surface area contributed by atoms with E-state index in [1.165, 1.54) is 5.56 Å². The molecule has 0 aliphatic carbocycles. The highest BCUT2D eigenvalue weighted by Crippen LogP contribution is 2.42. The van der Waals surface area contributed by atoms with Gasteiger partial charge >= 0.3 is 0 Å². The zero-order chi connectivity index (χ0) is 13.8. The van der Waals surface area contributed by atoms with Crippen LogP contribution in [0.1, 0.15) is 28.8 Å². The van der Waals surface area contributed by atoms with Crippen molar-refractivity contribution in [3.63, 3.8) is 0 Å². The summed E-state index contributed by atoms with van der Waals surface area (Å²) in [7, 11) is 1.68. The van der Waals surface area contributed by atoms with E-state index in [0.29, 0.717) is 5.92 Å². The smallest absolute Gasteiger partial charge is 0.123 e. The molecule has 0 radical (unpaired) electrons. The molecule has 0 saturated carbocycles. The maximum atomic E-state index is 6.09. The van der Waals surface area contributed by atoms with E-state index in [1.54, 1.807) is 7.11 Å². The van der Waals surface area contributed by atoms with Crippen LogP contribution in [0.3, 0.4) is 0 Å². The van der Waals surface area contributed by atoms with Gasteiger partial charge in [-0.2, -0.15) is 0 Å². The van der Waals surface area contributed by atoms with E-state index in [0.717, 1.165) is 16.3 Å². The summed E-state index contributed by atoms with van der Waals surface area (Å²) in [5, 5.41) is 0.723. The molecular weight excluding hydrogens is 324 g/mol. The van der Waals surface area contributed by atoms with Crippen LogP contribution in [0.4, 0.5) is 0 Å². The molecule has 0 spiro atoms. The van der Waals surface area contributed by atoms with Crippen LogP contribution in [0.5, 0.6) is 5.75 Å². The van der Waals surface area contributed by atoms with Crippen molar-refractivity contribution in [2.45, 2.75) is 17.7 Å². The molecule has 0 N–H and O–H groups in total. The lowest BCUT2D eigenvalue weighted by atomic mass is 9.93. The van der Waals surface area contributed by atoms with Gasteiger partial charge in [0, 0.05) is 15.4 Å². The van der Waals surface area contributed by atoms with Crippen LogP contribution < -0.4 is 4.74 Å². The SMILES string of the molecule is COc1ccc(Cl)cc1C(Br)C(C)c1ccccc1. The van der Waals surface area contributed by atoms with Gasteiger partial charge in [-0.3, -0.25) is 0 Å². The van der Waals surface area contributed by atoms with Gasteiger partial charge in [-0.05, 0) is 29.7 Å². The standard InChI is InChI=1S/C16H16BrClO/c1-11(12-6-4-3-5-7-12)16(17)14-10-13(18)8-9-15(14)19-2/h3-11,16H,1-2H3. The molecule has 0 saturated heterocycles. The van der Waals surface area contributed by atoms with Crippen molar-refractivity contribution in [2.24, 2.45) is 0 Å². The van der Waals surface area contributed by atoms with Gasteiger partial charge in [0.05, 0.1) is 7.11 Å². The molecule has 0 fully saturated rings. The monoisotopic (exact) mass is 338 g/mol. The molecule has 2 atom stereocenters. The van der Waals surface area contributed by atoms with Crippen LogP contribution in [0.15, 0.2) is 48.5 Å². The van der Waals surface area contributed by atoms with Crippen molar-refractivity contribution in [1.82, 2.24) is 0 Å². The van der Waals surface area contributed by atoms with Crippen molar-refractivity contribution in [3.8, 4) is 5.75 Å². The molecule has 2 unspecified atom stereocenters. The molecule has 0 aromatic heterocycles. The quantitative estimate of drug-likeness (QED) is 0.660. The average Bonchev–Trinajstić information content (AvgIpc) is 2.46. The maximum absolute atomic E-state index is 6.09. The van der Waals surface area contributed by atoms with Crippen molar-refractivity contribution < 1.29 is 4.74 Å². The van der Waals surface area contributed by atoms with Crippen molar-refractivity contribution in [3.05, 3.63) is 64.7 Å². The van der Waals surface area contributed by atoms with Gasteiger partial charge in [0.25, 0.3) is 0 Å². The molecule has 1 nitrogen and oxygen atoms in total. The maximum Gasteiger partial charge on any atom is 0.123 e. The summed E-state index contributed by atoms with van der Waals surface area (Å²) in [5.74, 6) is 1.18. The van der Waals surface area contributed by atoms with Crippen molar-refractivity contribution >= 4 is 27.5 Å². The number of ether oxygens (including phenoxy) is 1. The Morgan fingerprint density at radius 1 is 1.11 bits per heavy atom. The fraction of sp³-hybridized carbons (Fsp3) is 0.250. The Bertz CT molecular complexity index is 542. The Labute approximate surface area is 127 Å². The predicted molar refractivity (Wildman–Crippen MR) is 84.5 cm³/mol. The van der Waals surface area contributed by atoms with E-state index in [2.05, 4.69) is 47.1 Å². The van der Waals surface area contributed by atoms with E-state index < -0.39 is 0 Å². The lowest BCUT2D eigenvalue weighted by Gasteiger charge is -2.21. The summed E-state index contributed by atoms with van der Waals surface area (Å²) in [4.78, 5) is 0.156. The van der Waals surface area contributed by atoms with E-state index in [-0.39, 0.29) is 4.83 Å². The number of hydrogen-bond acceptors (Lipinski definition) is 1. The second-order valence-corrected chi connectivity index (χ2v) is 5.91. The molecule has 0 bridgehead atoms. The number of alkyl halides is 1. The Morgan fingerprint density at radius 2 is 1.79 bits per heavy atom. The number of halogens is 2. The lowest BCUT2D eigenvalue weighted by Crippen LogP contribution is -2.04. The Kier molecular flexibility index (Phi) is 4.89. The van der Waals surface area contributed by atoms with Gasteiger partial charge in [0.15, 0.2) is 0 Å². The molecular formula is C16H16BrClO. The summed E-state index contributed by atoms with van der Waals surface area (Å²) in [5.41, 5.74) is 2.36. The molecule has 100 valence electrons. The second kappa shape index (κ2) is 6.44. The van der Waals surface area contributed by atoms with Crippen LogP contribution in [0, 0.1) is 0 Å². The molecule has 0 amide bonds. The van der Waals surface area contributed by atoms with Gasteiger partial charge < -0.3 is 4.74 Å². The number of hydrogen-bond donors (Lipinski definition) is 0. The Morgan fingerprint density at radius 3 is 2.42 bits per heavy atom. The average molecular weight is 340 g/mol. The normalized spacial score (nSPS) is 13.9. The molecule has 2 rings (SSSR count). The molecule has 2 aromatic carbocycles. The Hall–Kier alpha value is -0.990. The summed E-state index contributed by atoms with van der Waals surface area (Å²) in [6.07, 6.45) is 0. The third kappa shape index (κ3) is 3.31. The van der Waals surface area contributed by atoms with Crippen molar-refractivity contribution in [1.29, 1.82) is 0 Å². The summed E-state index contributed by atoms with van der Waals surface area (Å²) in [6, 6.07) is 16.1. The highest BCUT2D eigenvalue weighted by atomic mass is 79.9. The van der Waals surface area contributed by atoms with Gasteiger partial charge in [0.1, 0.15) is 5.75 Å². The minimum atomic E-state index is 0.156. The summed E-state index contributed by atoms with van der Waals surface area (Å²) >= 11 is 9.87. The summed E-state index contributed by atoms with van der Waals surface area (Å²) < 4.78 is 5.42. The van der Waals surface area contributed by atoms with Crippen molar-refractivity contribution in [2.75, 3.05) is 7.11 Å². The third-order valence-electron chi connectivity index (χ3n) is 3.25. The van der Waals surface area contributed by atoms with Crippen LogP contribution >= 0.6 is 27.5 Å². The number of benzene rings is 2. The molecule has 19 heavy (non-hydrogen) atoms. The first-order chi connectivity index (χ1) is 9.13. The highest BCUT2D eigenvalue weighted by Gasteiger charge is 2.21. The van der Waals surface area contributed by atoms with Crippen LogP contribution in [-0.2, 0) is 0 Å². The largest absolute Gasteiger partial charge is 0.496 e. The zero-order valence-electron chi connectivity index (χ0n) is 10.9. The first-order valence-electron chi connectivity index (χ1n) is 6.16.